The summed E-state index contributed by atoms with van der Waals surface area (Å²) in [7, 11) is 0. The minimum atomic E-state index is -0.506. The minimum absolute atomic E-state index is 0.0593. The molecule has 2 aliphatic heterocycles. The Balaban J connectivity index is 1.51. The Morgan fingerprint density at radius 1 is 1.39 bits per heavy atom. The Kier molecular flexibility index (Phi) is 2.79. The number of fused-ring (bicyclic) bond motifs is 2. The lowest BCUT2D eigenvalue weighted by Crippen LogP contribution is -2.29. The standard InChI is InChI=1S/C12H16O6/c1-7(13)16-5-10(14)18-9-4-12(9)6-17-8-2-3-15-11(8)12/h8-9,11H,2-6H2,1H3. The molecule has 2 heterocycles. The molecule has 0 N–H and O–H groups in total. The summed E-state index contributed by atoms with van der Waals surface area (Å²) >= 11 is 0. The van der Waals surface area contributed by atoms with E-state index in [1.54, 1.807) is 0 Å². The fourth-order valence-corrected chi connectivity index (χ4v) is 2.87. The Morgan fingerprint density at radius 2 is 2.22 bits per heavy atom. The van der Waals surface area contributed by atoms with Crippen LogP contribution in [0.15, 0.2) is 0 Å². The van der Waals surface area contributed by atoms with Gasteiger partial charge in [0, 0.05) is 13.5 Å². The highest BCUT2D eigenvalue weighted by Crippen LogP contribution is 2.58. The number of carbonyl (C=O) groups is 2. The van der Waals surface area contributed by atoms with Crippen molar-refractivity contribution in [1.82, 2.24) is 0 Å². The van der Waals surface area contributed by atoms with Gasteiger partial charge >= 0.3 is 11.9 Å². The van der Waals surface area contributed by atoms with Crippen LogP contribution in [0.2, 0.25) is 0 Å². The van der Waals surface area contributed by atoms with E-state index in [1.165, 1.54) is 6.92 Å². The van der Waals surface area contributed by atoms with Crippen LogP contribution >= 0.6 is 0 Å². The number of esters is 2. The molecular formula is C12H16O6. The molecule has 3 aliphatic rings. The number of hydrogen-bond donors (Lipinski definition) is 0. The zero-order chi connectivity index (χ0) is 12.8. The van der Waals surface area contributed by atoms with E-state index < -0.39 is 11.9 Å². The highest BCUT2D eigenvalue weighted by atomic mass is 16.6. The normalized spacial score (nSPS) is 40.6. The topological polar surface area (TPSA) is 71.1 Å². The lowest BCUT2D eigenvalue weighted by Gasteiger charge is -2.15. The van der Waals surface area contributed by atoms with E-state index in [4.69, 9.17) is 14.2 Å². The Labute approximate surface area is 105 Å². The van der Waals surface area contributed by atoms with Crippen molar-refractivity contribution in [2.45, 2.75) is 38.1 Å². The second-order valence-electron chi connectivity index (χ2n) is 5.13. The van der Waals surface area contributed by atoms with Crippen molar-refractivity contribution in [3.05, 3.63) is 0 Å². The van der Waals surface area contributed by atoms with Gasteiger partial charge < -0.3 is 18.9 Å². The molecule has 0 amide bonds. The van der Waals surface area contributed by atoms with E-state index in [0.29, 0.717) is 13.2 Å². The summed E-state index contributed by atoms with van der Waals surface area (Å²) in [5, 5.41) is 0. The Hall–Kier alpha value is -1.14. The van der Waals surface area contributed by atoms with Gasteiger partial charge in [-0.1, -0.05) is 0 Å². The molecule has 100 valence electrons. The number of rotatable bonds is 3. The van der Waals surface area contributed by atoms with E-state index in [9.17, 15) is 9.59 Å². The highest BCUT2D eigenvalue weighted by molar-refractivity contribution is 5.75. The molecule has 1 saturated carbocycles. The summed E-state index contributed by atoms with van der Waals surface area (Å²) in [6, 6.07) is 0. The van der Waals surface area contributed by atoms with Gasteiger partial charge in [0.25, 0.3) is 0 Å². The van der Waals surface area contributed by atoms with Gasteiger partial charge in [-0.3, -0.25) is 4.79 Å². The quantitative estimate of drug-likeness (QED) is 0.664. The number of ether oxygens (including phenoxy) is 4. The third kappa shape index (κ3) is 1.89. The summed E-state index contributed by atoms with van der Waals surface area (Å²) in [4.78, 5) is 22.0. The average Bonchev–Trinajstić information content (AvgIpc) is 2.71. The van der Waals surface area contributed by atoms with Gasteiger partial charge in [-0.25, -0.2) is 4.79 Å². The molecule has 1 spiro atoms. The van der Waals surface area contributed by atoms with Crippen LogP contribution in [0, 0.1) is 5.41 Å². The smallest absolute Gasteiger partial charge is 0.344 e. The van der Waals surface area contributed by atoms with Gasteiger partial charge in [0.15, 0.2) is 6.61 Å². The molecule has 0 aromatic carbocycles. The van der Waals surface area contributed by atoms with E-state index >= 15 is 0 Å². The fraction of sp³-hybridized carbons (Fsp3) is 0.833. The molecule has 3 rings (SSSR count). The van der Waals surface area contributed by atoms with Gasteiger partial charge in [-0.2, -0.15) is 0 Å². The summed E-state index contributed by atoms with van der Waals surface area (Å²) in [6.45, 7) is 2.24. The molecule has 6 nitrogen and oxygen atoms in total. The average molecular weight is 256 g/mol. The summed E-state index contributed by atoms with van der Waals surface area (Å²) in [5.74, 6) is -0.991. The van der Waals surface area contributed by atoms with Crippen molar-refractivity contribution in [1.29, 1.82) is 0 Å². The van der Waals surface area contributed by atoms with Crippen molar-refractivity contribution < 1.29 is 28.5 Å². The lowest BCUT2D eigenvalue weighted by molar-refractivity contribution is -0.159. The zero-order valence-corrected chi connectivity index (χ0v) is 10.2. The third-order valence-corrected chi connectivity index (χ3v) is 3.88. The van der Waals surface area contributed by atoms with Crippen LogP contribution in [0.5, 0.6) is 0 Å². The van der Waals surface area contributed by atoms with E-state index in [1.807, 2.05) is 0 Å². The van der Waals surface area contributed by atoms with Crippen molar-refractivity contribution in [2.24, 2.45) is 5.41 Å². The first-order chi connectivity index (χ1) is 8.62. The molecule has 1 aliphatic carbocycles. The monoisotopic (exact) mass is 256 g/mol. The van der Waals surface area contributed by atoms with Crippen molar-refractivity contribution in [2.75, 3.05) is 19.8 Å². The van der Waals surface area contributed by atoms with Gasteiger partial charge in [0.05, 0.1) is 24.2 Å². The second-order valence-corrected chi connectivity index (χ2v) is 5.13. The maximum Gasteiger partial charge on any atom is 0.344 e. The Morgan fingerprint density at radius 3 is 3.00 bits per heavy atom. The van der Waals surface area contributed by atoms with Crippen LogP contribution in [-0.2, 0) is 28.5 Å². The van der Waals surface area contributed by atoms with E-state index in [-0.39, 0.29) is 30.3 Å². The molecule has 0 radical (unpaired) electrons. The van der Waals surface area contributed by atoms with Gasteiger partial charge in [0.2, 0.25) is 0 Å². The summed E-state index contributed by atoms with van der Waals surface area (Å²) in [5.41, 5.74) is -0.146. The highest BCUT2D eigenvalue weighted by Gasteiger charge is 2.69. The molecule has 4 atom stereocenters. The van der Waals surface area contributed by atoms with Crippen LogP contribution < -0.4 is 0 Å². The molecule has 6 heteroatoms. The zero-order valence-electron chi connectivity index (χ0n) is 10.2. The number of carbonyl (C=O) groups excluding carboxylic acids is 2. The van der Waals surface area contributed by atoms with Crippen molar-refractivity contribution >= 4 is 11.9 Å². The van der Waals surface area contributed by atoms with E-state index in [2.05, 4.69) is 4.74 Å². The molecule has 2 saturated heterocycles. The lowest BCUT2D eigenvalue weighted by atomic mass is 9.99. The maximum absolute atomic E-state index is 11.4. The number of hydrogen-bond acceptors (Lipinski definition) is 6. The first kappa shape index (κ1) is 11.9. The first-order valence-electron chi connectivity index (χ1n) is 6.18. The van der Waals surface area contributed by atoms with Crippen LogP contribution in [0.25, 0.3) is 0 Å². The Bertz CT molecular complexity index is 381. The molecule has 4 unspecified atom stereocenters. The van der Waals surface area contributed by atoms with Crippen LogP contribution in [0.3, 0.4) is 0 Å². The molecule has 3 fully saturated rings. The fourth-order valence-electron chi connectivity index (χ4n) is 2.87. The first-order valence-corrected chi connectivity index (χ1v) is 6.18. The molecule has 0 bridgehead atoms. The maximum atomic E-state index is 11.4. The van der Waals surface area contributed by atoms with Gasteiger partial charge in [-0.15, -0.1) is 0 Å². The molecular weight excluding hydrogens is 240 g/mol. The molecule has 0 aromatic rings. The van der Waals surface area contributed by atoms with Crippen molar-refractivity contribution in [3.63, 3.8) is 0 Å². The predicted octanol–water partition coefficient (Wildman–Crippen LogP) is 0.0391. The van der Waals surface area contributed by atoms with Crippen LogP contribution in [-0.4, -0.2) is 50.1 Å². The third-order valence-electron chi connectivity index (χ3n) is 3.88. The second kappa shape index (κ2) is 4.20. The van der Waals surface area contributed by atoms with Crippen LogP contribution in [0.4, 0.5) is 0 Å². The summed E-state index contributed by atoms with van der Waals surface area (Å²) < 4.78 is 21.2. The van der Waals surface area contributed by atoms with Crippen molar-refractivity contribution in [3.8, 4) is 0 Å². The predicted molar refractivity (Wildman–Crippen MR) is 57.7 cm³/mol. The largest absolute Gasteiger partial charge is 0.459 e. The van der Waals surface area contributed by atoms with Crippen LogP contribution in [0.1, 0.15) is 19.8 Å². The molecule has 18 heavy (non-hydrogen) atoms. The van der Waals surface area contributed by atoms with E-state index in [0.717, 1.165) is 12.8 Å². The summed E-state index contributed by atoms with van der Waals surface area (Å²) in [6.07, 6.45) is 1.75. The molecule has 0 aromatic heterocycles. The minimum Gasteiger partial charge on any atom is -0.459 e. The van der Waals surface area contributed by atoms with Gasteiger partial charge in [0.1, 0.15) is 6.10 Å². The van der Waals surface area contributed by atoms with Gasteiger partial charge in [-0.05, 0) is 12.8 Å². The SMILES string of the molecule is CC(=O)OCC(=O)OC1CC12COC1CCOC12.